The van der Waals surface area contributed by atoms with Gasteiger partial charge in [0.05, 0.1) is 14.2 Å². The lowest BCUT2D eigenvalue weighted by molar-refractivity contribution is -0.119. The number of amides is 1. The minimum absolute atomic E-state index is 0.0974. The molecule has 0 saturated carbocycles. The summed E-state index contributed by atoms with van der Waals surface area (Å²) in [6.45, 7) is 0. The number of carbonyl (C=O) groups is 1. The summed E-state index contributed by atoms with van der Waals surface area (Å²) in [7, 11) is 2.76. The molecule has 6 heteroatoms. The van der Waals surface area contributed by atoms with Crippen LogP contribution in [-0.4, -0.2) is 25.2 Å². The smallest absolute Gasteiger partial charge is 0.239 e. The van der Waals surface area contributed by atoms with E-state index in [4.69, 9.17) is 20.9 Å². The third-order valence-corrected chi connectivity index (χ3v) is 2.17. The Morgan fingerprint density at radius 2 is 1.88 bits per heavy atom. The van der Waals surface area contributed by atoms with Gasteiger partial charge in [-0.2, -0.15) is 0 Å². The molecule has 1 unspecified atom stereocenters. The van der Waals surface area contributed by atoms with Crippen LogP contribution >= 0.6 is 0 Å². The summed E-state index contributed by atoms with van der Waals surface area (Å²) >= 11 is 0. The van der Waals surface area contributed by atoms with E-state index in [1.807, 2.05) is 0 Å². The quantitative estimate of drug-likeness (QED) is 0.664. The van der Waals surface area contributed by atoms with E-state index in [0.29, 0.717) is 5.56 Å². The first kappa shape index (κ1) is 12.1. The molecule has 0 fully saturated rings. The van der Waals surface area contributed by atoms with Gasteiger partial charge in [-0.15, -0.1) is 0 Å². The molecule has 16 heavy (non-hydrogen) atoms. The SMILES string of the molecule is COc1c(O)ccc(C(N)C(N)=O)c1OC. The van der Waals surface area contributed by atoms with Gasteiger partial charge in [-0.3, -0.25) is 4.79 Å². The largest absolute Gasteiger partial charge is 0.504 e. The third kappa shape index (κ3) is 2.01. The maximum Gasteiger partial charge on any atom is 0.239 e. The molecule has 0 heterocycles. The standard InChI is InChI=1S/C10H14N2O4/c1-15-8-5(7(11)10(12)14)3-4-6(13)9(8)16-2/h3-4,7,13H,11H2,1-2H3,(H2,12,14). The number of primary amides is 1. The van der Waals surface area contributed by atoms with Crippen LogP contribution in [0, 0.1) is 0 Å². The summed E-state index contributed by atoms with van der Waals surface area (Å²) in [4.78, 5) is 11.0. The molecular formula is C10H14N2O4. The highest BCUT2D eigenvalue weighted by Crippen LogP contribution is 2.40. The van der Waals surface area contributed by atoms with Crippen LogP contribution < -0.4 is 20.9 Å². The molecule has 1 rings (SSSR count). The van der Waals surface area contributed by atoms with Crippen molar-refractivity contribution in [3.63, 3.8) is 0 Å². The van der Waals surface area contributed by atoms with E-state index in [9.17, 15) is 9.90 Å². The van der Waals surface area contributed by atoms with Crippen LogP contribution in [0.4, 0.5) is 0 Å². The second-order valence-electron chi connectivity index (χ2n) is 3.12. The van der Waals surface area contributed by atoms with Gasteiger partial charge in [0.25, 0.3) is 0 Å². The summed E-state index contributed by atoms with van der Waals surface area (Å²) in [6.07, 6.45) is 0. The molecule has 1 atom stereocenters. The van der Waals surface area contributed by atoms with Crippen molar-refractivity contribution in [2.75, 3.05) is 14.2 Å². The first-order valence-electron chi connectivity index (χ1n) is 4.51. The molecule has 0 aromatic heterocycles. The summed E-state index contributed by atoms with van der Waals surface area (Å²) in [6, 6.07) is 1.82. The van der Waals surface area contributed by atoms with Gasteiger partial charge in [0.2, 0.25) is 11.7 Å². The van der Waals surface area contributed by atoms with E-state index in [-0.39, 0.29) is 17.2 Å². The normalized spacial score (nSPS) is 11.9. The second-order valence-corrected chi connectivity index (χ2v) is 3.12. The Hall–Kier alpha value is -1.95. The molecule has 1 aromatic carbocycles. The zero-order valence-corrected chi connectivity index (χ0v) is 9.06. The lowest BCUT2D eigenvalue weighted by atomic mass is 10.0. The van der Waals surface area contributed by atoms with E-state index in [2.05, 4.69) is 0 Å². The molecule has 0 aliphatic rings. The van der Waals surface area contributed by atoms with Crippen LogP contribution in [0.2, 0.25) is 0 Å². The van der Waals surface area contributed by atoms with E-state index in [1.54, 1.807) is 0 Å². The van der Waals surface area contributed by atoms with Gasteiger partial charge >= 0.3 is 0 Å². The number of methoxy groups -OCH3 is 2. The van der Waals surface area contributed by atoms with Crippen LogP contribution in [0.5, 0.6) is 17.2 Å². The van der Waals surface area contributed by atoms with E-state index < -0.39 is 11.9 Å². The van der Waals surface area contributed by atoms with Gasteiger partial charge in [-0.1, -0.05) is 0 Å². The minimum Gasteiger partial charge on any atom is -0.504 e. The van der Waals surface area contributed by atoms with Crippen molar-refractivity contribution in [1.29, 1.82) is 0 Å². The van der Waals surface area contributed by atoms with Gasteiger partial charge in [-0.25, -0.2) is 0 Å². The lowest BCUT2D eigenvalue weighted by Crippen LogP contribution is -2.28. The van der Waals surface area contributed by atoms with Crippen LogP contribution in [0.1, 0.15) is 11.6 Å². The van der Waals surface area contributed by atoms with Crippen LogP contribution in [0.15, 0.2) is 12.1 Å². The molecule has 0 aliphatic heterocycles. The van der Waals surface area contributed by atoms with E-state index in [1.165, 1.54) is 26.4 Å². The Kier molecular flexibility index (Phi) is 3.57. The molecule has 0 aliphatic carbocycles. The topological polar surface area (TPSA) is 108 Å². The number of phenols is 1. The average molecular weight is 226 g/mol. The molecule has 0 radical (unpaired) electrons. The van der Waals surface area contributed by atoms with Crippen molar-refractivity contribution < 1.29 is 19.4 Å². The Morgan fingerprint density at radius 3 is 2.31 bits per heavy atom. The Labute approximate surface area is 92.8 Å². The number of aromatic hydroxyl groups is 1. The maximum atomic E-state index is 11.0. The number of benzene rings is 1. The molecular weight excluding hydrogens is 212 g/mol. The van der Waals surface area contributed by atoms with Crippen LogP contribution in [0.3, 0.4) is 0 Å². The van der Waals surface area contributed by atoms with Gasteiger partial charge in [0.15, 0.2) is 11.5 Å². The zero-order valence-electron chi connectivity index (χ0n) is 9.06. The lowest BCUT2D eigenvalue weighted by Gasteiger charge is -2.16. The fourth-order valence-corrected chi connectivity index (χ4v) is 1.37. The second kappa shape index (κ2) is 4.71. The maximum absolute atomic E-state index is 11.0. The van der Waals surface area contributed by atoms with Gasteiger partial charge in [0.1, 0.15) is 6.04 Å². The summed E-state index contributed by atoms with van der Waals surface area (Å²) in [5.74, 6) is -0.462. The molecule has 0 saturated heterocycles. The zero-order chi connectivity index (χ0) is 12.3. The van der Waals surface area contributed by atoms with Crippen molar-refractivity contribution in [2.24, 2.45) is 11.5 Å². The van der Waals surface area contributed by atoms with Crippen molar-refractivity contribution in [3.05, 3.63) is 17.7 Å². The summed E-state index contributed by atoms with van der Waals surface area (Å²) in [5, 5.41) is 9.51. The fourth-order valence-electron chi connectivity index (χ4n) is 1.37. The highest BCUT2D eigenvalue weighted by molar-refractivity contribution is 5.82. The highest BCUT2D eigenvalue weighted by Gasteiger charge is 2.22. The van der Waals surface area contributed by atoms with Gasteiger partial charge in [-0.05, 0) is 12.1 Å². The molecule has 6 nitrogen and oxygen atoms in total. The number of hydrogen-bond acceptors (Lipinski definition) is 5. The van der Waals surface area contributed by atoms with Crippen molar-refractivity contribution >= 4 is 5.91 Å². The summed E-state index contributed by atoms with van der Waals surface area (Å²) < 4.78 is 10.0. The first-order chi connectivity index (χ1) is 7.52. The Balaban J connectivity index is 3.35. The van der Waals surface area contributed by atoms with E-state index >= 15 is 0 Å². The molecule has 0 bridgehead atoms. The van der Waals surface area contributed by atoms with Crippen molar-refractivity contribution in [3.8, 4) is 17.2 Å². The highest BCUT2D eigenvalue weighted by atomic mass is 16.5. The molecule has 1 aromatic rings. The minimum atomic E-state index is -1.01. The van der Waals surface area contributed by atoms with E-state index in [0.717, 1.165) is 0 Å². The summed E-state index contributed by atoms with van der Waals surface area (Å²) in [5.41, 5.74) is 11.1. The average Bonchev–Trinajstić information content (AvgIpc) is 2.27. The predicted molar refractivity (Wildman–Crippen MR) is 57.3 cm³/mol. The molecule has 1 amide bonds. The van der Waals surface area contributed by atoms with Gasteiger partial charge in [0, 0.05) is 5.56 Å². The number of phenolic OH excluding ortho intramolecular Hbond substituents is 1. The predicted octanol–water partition coefficient (Wildman–Crippen LogP) is -0.106. The number of rotatable bonds is 4. The van der Waals surface area contributed by atoms with Crippen LogP contribution in [0.25, 0.3) is 0 Å². The Bertz CT molecular complexity index is 406. The fraction of sp³-hybridized carbons (Fsp3) is 0.300. The monoisotopic (exact) mass is 226 g/mol. The number of hydrogen-bond donors (Lipinski definition) is 3. The number of carbonyl (C=O) groups excluding carboxylic acids is 1. The van der Waals surface area contributed by atoms with Crippen LogP contribution in [-0.2, 0) is 4.79 Å². The third-order valence-electron chi connectivity index (χ3n) is 2.17. The van der Waals surface area contributed by atoms with Crippen molar-refractivity contribution in [1.82, 2.24) is 0 Å². The number of ether oxygens (including phenoxy) is 2. The molecule has 88 valence electrons. The van der Waals surface area contributed by atoms with Crippen molar-refractivity contribution in [2.45, 2.75) is 6.04 Å². The molecule has 5 N–H and O–H groups in total. The molecule has 0 spiro atoms. The first-order valence-corrected chi connectivity index (χ1v) is 4.51. The van der Waals surface area contributed by atoms with Gasteiger partial charge < -0.3 is 26.0 Å². The Morgan fingerprint density at radius 1 is 1.31 bits per heavy atom. The number of nitrogens with two attached hydrogens (primary N) is 2.